The molecular weight excluding hydrogens is 230 g/mol. The normalized spacial score (nSPS) is 10.5. The highest BCUT2D eigenvalue weighted by molar-refractivity contribution is 7.98. The summed E-state index contributed by atoms with van der Waals surface area (Å²) in [6, 6.07) is 0. The van der Waals surface area contributed by atoms with Crippen LogP contribution in [0.1, 0.15) is 37.1 Å². The summed E-state index contributed by atoms with van der Waals surface area (Å²) in [7, 11) is 0. The molecule has 0 spiro atoms. The molecule has 0 aliphatic carbocycles. The maximum absolute atomic E-state index is 4.44. The molecule has 0 aromatic carbocycles. The highest BCUT2D eigenvalue weighted by Crippen LogP contribution is 2.09. The lowest BCUT2D eigenvalue weighted by Gasteiger charge is -2.08. The van der Waals surface area contributed by atoms with Gasteiger partial charge in [-0.1, -0.05) is 12.8 Å². The predicted octanol–water partition coefficient (Wildman–Crippen LogP) is 3.43. The van der Waals surface area contributed by atoms with Gasteiger partial charge in [0.25, 0.3) is 0 Å². The monoisotopic (exact) mass is 253 g/mol. The molecule has 1 aromatic heterocycles. The zero-order chi connectivity index (χ0) is 12.5. The molecule has 96 valence electrons. The van der Waals surface area contributed by atoms with Gasteiger partial charge in [0.05, 0.1) is 11.4 Å². The van der Waals surface area contributed by atoms with Crippen molar-refractivity contribution in [2.75, 3.05) is 23.9 Å². The average Bonchev–Trinajstić information content (AvgIpc) is 2.32. The summed E-state index contributed by atoms with van der Waals surface area (Å²) in [5.41, 5.74) is 1.95. The van der Waals surface area contributed by atoms with E-state index in [1.807, 2.05) is 31.8 Å². The number of anilines is 1. The largest absolute Gasteiger partial charge is 0.369 e. The van der Waals surface area contributed by atoms with Crippen LogP contribution in [0.5, 0.6) is 0 Å². The molecule has 0 radical (unpaired) electrons. The van der Waals surface area contributed by atoms with Gasteiger partial charge in [-0.15, -0.1) is 0 Å². The SMILES string of the molecule is CSCCCCCCNc1nc(C)cnc1C. The Morgan fingerprint density at radius 3 is 2.71 bits per heavy atom. The highest BCUT2D eigenvalue weighted by atomic mass is 32.2. The smallest absolute Gasteiger partial charge is 0.147 e. The average molecular weight is 253 g/mol. The van der Waals surface area contributed by atoms with Crippen LogP contribution in [-0.2, 0) is 0 Å². The number of unbranched alkanes of at least 4 members (excludes halogenated alkanes) is 3. The van der Waals surface area contributed by atoms with Crippen LogP contribution in [0.2, 0.25) is 0 Å². The van der Waals surface area contributed by atoms with Crippen LogP contribution in [0, 0.1) is 13.8 Å². The van der Waals surface area contributed by atoms with Gasteiger partial charge in [-0.05, 0) is 38.7 Å². The Morgan fingerprint density at radius 2 is 1.94 bits per heavy atom. The van der Waals surface area contributed by atoms with Crippen LogP contribution < -0.4 is 5.32 Å². The molecule has 17 heavy (non-hydrogen) atoms. The van der Waals surface area contributed by atoms with E-state index in [0.717, 1.165) is 23.8 Å². The van der Waals surface area contributed by atoms with E-state index in [2.05, 4.69) is 21.5 Å². The summed E-state index contributed by atoms with van der Waals surface area (Å²) in [4.78, 5) is 8.73. The van der Waals surface area contributed by atoms with Crippen molar-refractivity contribution in [2.24, 2.45) is 0 Å². The third-order valence-electron chi connectivity index (χ3n) is 2.64. The van der Waals surface area contributed by atoms with Crippen LogP contribution in [0.4, 0.5) is 5.82 Å². The molecule has 0 saturated heterocycles. The van der Waals surface area contributed by atoms with E-state index in [0.29, 0.717) is 0 Å². The van der Waals surface area contributed by atoms with Gasteiger partial charge in [-0.3, -0.25) is 4.98 Å². The minimum atomic E-state index is 0.939. The summed E-state index contributed by atoms with van der Waals surface area (Å²) < 4.78 is 0. The van der Waals surface area contributed by atoms with Crippen molar-refractivity contribution >= 4 is 17.6 Å². The number of nitrogens with zero attached hydrogens (tertiary/aromatic N) is 2. The van der Waals surface area contributed by atoms with Crippen molar-refractivity contribution in [3.05, 3.63) is 17.6 Å². The molecule has 1 aromatic rings. The van der Waals surface area contributed by atoms with E-state index in [9.17, 15) is 0 Å². The van der Waals surface area contributed by atoms with Crippen LogP contribution >= 0.6 is 11.8 Å². The van der Waals surface area contributed by atoms with Gasteiger partial charge in [-0.2, -0.15) is 11.8 Å². The minimum Gasteiger partial charge on any atom is -0.369 e. The Balaban J connectivity index is 2.15. The van der Waals surface area contributed by atoms with Crippen LogP contribution in [0.3, 0.4) is 0 Å². The first-order valence-corrected chi connectivity index (χ1v) is 7.66. The molecule has 0 unspecified atom stereocenters. The number of hydrogen-bond acceptors (Lipinski definition) is 4. The predicted molar refractivity (Wildman–Crippen MR) is 76.8 cm³/mol. The van der Waals surface area contributed by atoms with Crippen molar-refractivity contribution in [1.82, 2.24) is 9.97 Å². The third-order valence-corrected chi connectivity index (χ3v) is 3.34. The summed E-state index contributed by atoms with van der Waals surface area (Å²) in [5.74, 6) is 2.23. The van der Waals surface area contributed by atoms with Gasteiger partial charge in [-0.25, -0.2) is 4.98 Å². The molecule has 4 heteroatoms. The quantitative estimate of drug-likeness (QED) is 0.720. The standard InChI is InChI=1S/C13H23N3S/c1-11-10-15-12(2)13(16-11)14-8-6-4-5-7-9-17-3/h10H,4-9H2,1-3H3,(H,14,16). The molecule has 0 aliphatic rings. The van der Waals surface area contributed by atoms with Crippen molar-refractivity contribution in [3.63, 3.8) is 0 Å². The molecule has 0 bridgehead atoms. The van der Waals surface area contributed by atoms with Crippen molar-refractivity contribution in [1.29, 1.82) is 0 Å². The van der Waals surface area contributed by atoms with Gasteiger partial charge in [0.15, 0.2) is 0 Å². The van der Waals surface area contributed by atoms with Gasteiger partial charge < -0.3 is 5.32 Å². The van der Waals surface area contributed by atoms with Crippen LogP contribution in [0.15, 0.2) is 6.20 Å². The number of rotatable bonds is 8. The van der Waals surface area contributed by atoms with Gasteiger partial charge in [0.1, 0.15) is 5.82 Å². The van der Waals surface area contributed by atoms with Crippen LogP contribution in [0.25, 0.3) is 0 Å². The zero-order valence-electron chi connectivity index (χ0n) is 11.1. The molecule has 0 fully saturated rings. The first kappa shape index (κ1) is 14.3. The first-order valence-electron chi connectivity index (χ1n) is 6.27. The molecule has 0 aliphatic heterocycles. The third kappa shape index (κ3) is 5.91. The second-order valence-corrected chi connectivity index (χ2v) is 5.26. The summed E-state index contributed by atoms with van der Waals surface area (Å²) in [6.07, 6.45) is 9.16. The maximum atomic E-state index is 4.44. The fraction of sp³-hybridized carbons (Fsp3) is 0.692. The van der Waals surface area contributed by atoms with Crippen LogP contribution in [-0.4, -0.2) is 28.5 Å². The molecule has 1 N–H and O–H groups in total. The number of nitrogens with one attached hydrogen (secondary N) is 1. The van der Waals surface area contributed by atoms with E-state index >= 15 is 0 Å². The Bertz CT molecular complexity index is 328. The fourth-order valence-corrected chi connectivity index (χ4v) is 2.13. The number of aryl methyl sites for hydroxylation is 2. The van der Waals surface area contributed by atoms with Gasteiger partial charge >= 0.3 is 0 Å². The van der Waals surface area contributed by atoms with Crippen molar-refractivity contribution < 1.29 is 0 Å². The topological polar surface area (TPSA) is 37.8 Å². The molecule has 0 amide bonds. The zero-order valence-corrected chi connectivity index (χ0v) is 11.9. The number of aromatic nitrogens is 2. The van der Waals surface area contributed by atoms with E-state index in [-0.39, 0.29) is 0 Å². The molecule has 0 atom stereocenters. The number of hydrogen-bond donors (Lipinski definition) is 1. The summed E-state index contributed by atoms with van der Waals surface area (Å²) >= 11 is 1.93. The summed E-state index contributed by atoms with van der Waals surface area (Å²) in [6.45, 7) is 4.96. The lowest BCUT2D eigenvalue weighted by Crippen LogP contribution is -2.06. The first-order chi connectivity index (χ1) is 8.24. The fourth-order valence-electron chi connectivity index (χ4n) is 1.64. The van der Waals surface area contributed by atoms with E-state index in [1.165, 1.54) is 31.4 Å². The van der Waals surface area contributed by atoms with Crippen molar-refractivity contribution in [3.8, 4) is 0 Å². The lowest BCUT2D eigenvalue weighted by molar-refractivity contribution is 0.688. The number of thioether (sulfide) groups is 1. The second-order valence-electron chi connectivity index (χ2n) is 4.28. The second kappa shape index (κ2) is 8.34. The van der Waals surface area contributed by atoms with E-state index in [4.69, 9.17) is 0 Å². The molecular formula is C13H23N3S. The molecule has 0 saturated carbocycles. The van der Waals surface area contributed by atoms with Gasteiger partial charge in [0, 0.05) is 12.7 Å². The highest BCUT2D eigenvalue weighted by Gasteiger charge is 2.00. The Hall–Kier alpha value is -0.770. The minimum absolute atomic E-state index is 0.939. The van der Waals surface area contributed by atoms with E-state index < -0.39 is 0 Å². The Kier molecular flexibility index (Phi) is 7.01. The van der Waals surface area contributed by atoms with E-state index in [1.54, 1.807) is 0 Å². The Labute approximate surface area is 109 Å². The Morgan fingerprint density at radius 1 is 1.18 bits per heavy atom. The van der Waals surface area contributed by atoms with Crippen molar-refractivity contribution in [2.45, 2.75) is 39.5 Å². The molecule has 1 rings (SSSR count). The summed E-state index contributed by atoms with van der Waals surface area (Å²) in [5, 5.41) is 3.37. The van der Waals surface area contributed by atoms with Gasteiger partial charge in [0.2, 0.25) is 0 Å². The molecule has 1 heterocycles. The molecule has 3 nitrogen and oxygen atoms in total. The lowest BCUT2D eigenvalue weighted by atomic mass is 10.2. The maximum Gasteiger partial charge on any atom is 0.147 e.